The molecule has 0 aromatic heterocycles. The smallest absolute Gasteiger partial charge is 0.416 e. The van der Waals surface area contributed by atoms with E-state index in [2.05, 4.69) is 10.6 Å². The predicted octanol–water partition coefficient (Wildman–Crippen LogP) is 3.90. The first kappa shape index (κ1) is 27.0. The molecule has 0 aliphatic carbocycles. The maximum absolute atomic E-state index is 12.8. The summed E-state index contributed by atoms with van der Waals surface area (Å²) in [5, 5.41) is 15.2. The zero-order valence-corrected chi connectivity index (χ0v) is 19.0. The highest BCUT2D eigenvalue weighted by Gasteiger charge is 2.31. The van der Waals surface area contributed by atoms with E-state index in [-0.39, 0.29) is 31.4 Å². The number of carbonyl (C=O) groups is 2. The SMILES string of the molecule is CC[C@H](C)[C@H](NC(=O)OCc1ccccc1)C(=O)NCC(O)COc1cccc(C(F)(F)F)c1. The number of alkyl halides is 3. The number of aliphatic hydroxyl groups is 1. The molecular formula is C24H29F3N2O5. The summed E-state index contributed by atoms with van der Waals surface area (Å²) in [7, 11) is 0. The fraction of sp³-hybridized carbons (Fsp3) is 0.417. The Balaban J connectivity index is 1.83. The molecule has 2 aromatic rings. The molecule has 0 spiro atoms. The Bertz CT molecular complexity index is 924. The second-order valence-corrected chi connectivity index (χ2v) is 7.80. The lowest BCUT2D eigenvalue weighted by Crippen LogP contribution is -2.51. The highest BCUT2D eigenvalue weighted by Crippen LogP contribution is 2.31. The number of benzene rings is 2. The zero-order valence-electron chi connectivity index (χ0n) is 19.0. The summed E-state index contributed by atoms with van der Waals surface area (Å²) in [6, 6.07) is 12.4. The second kappa shape index (κ2) is 12.8. The zero-order chi connectivity index (χ0) is 25.1. The highest BCUT2D eigenvalue weighted by atomic mass is 19.4. The van der Waals surface area contributed by atoms with Crippen LogP contribution in [0.25, 0.3) is 0 Å². The van der Waals surface area contributed by atoms with Gasteiger partial charge in [0.2, 0.25) is 5.91 Å². The number of aliphatic hydroxyl groups excluding tert-OH is 1. The van der Waals surface area contributed by atoms with Gasteiger partial charge in [0.1, 0.15) is 31.1 Å². The number of amides is 2. The topological polar surface area (TPSA) is 96.9 Å². The molecule has 186 valence electrons. The van der Waals surface area contributed by atoms with E-state index in [0.29, 0.717) is 6.42 Å². The van der Waals surface area contributed by atoms with Crippen LogP contribution in [-0.2, 0) is 22.3 Å². The van der Waals surface area contributed by atoms with Crippen LogP contribution in [0.3, 0.4) is 0 Å². The summed E-state index contributed by atoms with van der Waals surface area (Å²) < 4.78 is 48.7. The molecule has 3 N–H and O–H groups in total. The lowest BCUT2D eigenvalue weighted by molar-refractivity contribution is -0.137. The standard InChI is InChI=1S/C24H29F3N2O5/c1-3-16(2)21(29-23(32)34-14-17-8-5-4-6-9-17)22(31)28-13-19(30)15-33-20-11-7-10-18(12-20)24(25,26)27/h4-12,16,19,21,30H,3,13-15H2,1-2H3,(H,28,31)(H,29,32)/t16-,19?,21-/m0/s1. The number of carbonyl (C=O) groups excluding carboxylic acids is 2. The summed E-state index contributed by atoms with van der Waals surface area (Å²) in [4.78, 5) is 24.8. The molecule has 2 rings (SSSR count). The summed E-state index contributed by atoms with van der Waals surface area (Å²) >= 11 is 0. The molecule has 3 atom stereocenters. The van der Waals surface area contributed by atoms with Crippen LogP contribution in [0.4, 0.5) is 18.0 Å². The Hall–Kier alpha value is -3.27. The van der Waals surface area contributed by atoms with Crippen molar-refractivity contribution in [2.45, 2.75) is 45.2 Å². The van der Waals surface area contributed by atoms with Gasteiger partial charge < -0.3 is 25.2 Å². The number of ether oxygens (including phenoxy) is 2. The number of nitrogens with one attached hydrogen (secondary N) is 2. The van der Waals surface area contributed by atoms with E-state index in [4.69, 9.17) is 9.47 Å². The second-order valence-electron chi connectivity index (χ2n) is 7.80. The van der Waals surface area contributed by atoms with Gasteiger partial charge in [-0.05, 0) is 29.7 Å². The van der Waals surface area contributed by atoms with E-state index in [0.717, 1.165) is 17.7 Å². The van der Waals surface area contributed by atoms with Crippen LogP contribution in [-0.4, -0.2) is 42.4 Å². The van der Waals surface area contributed by atoms with Crippen LogP contribution < -0.4 is 15.4 Å². The third kappa shape index (κ3) is 8.93. The fourth-order valence-electron chi connectivity index (χ4n) is 2.94. The summed E-state index contributed by atoms with van der Waals surface area (Å²) in [5.41, 5.74) is -0.0690. The maximum atomic E-state index is 12.8. The van der Waals surface area contributed by atoms with E-state index in [1.807, 2.05) is 25.1 Å². The average Bonchev–Trinajstić information content (AvgIpc) is 2.83. The molecule has 2 aromatic carbocycles. The van der Waals surface area contributed by atoms with Gasteiger partial charge in [0.05, 0.1) is 5.56 Å². The Labute approximate surface area is 196 Å². The van der Waals surface area contributed by atoms with Crippen molar-refractivity contribution in [2.75, 3.05) is 13.2 Å². The first-order valence-corrected chi connectivity index (χ1v) is 10.8. The van der Waals surface area contributed by atoms with Crippen LogP contribution >= 0.6 is 0 Å². The van der Waals surface area contributed by atoms with Crippen molar-refractivity contribution in [3.63, 3.8) is 0 Å². The van der Waals surface area contributed by atoms with E-state index < -0.39 is 35.9 Å². The third-order valence-electron chi connectivity index (χ3n) is 5.10. The van der Waals surface area contributed by atoms with Crippen LogP contribution in [0.2, 0.25) is 0 Å². The van der Waals surface area contributed by atoms with Crippen molar-refractivity contribution in [3.05, 3.63) is 65.7 Å². The molecule has 1 unspecified atom stereocenters. The molecule has 2 amide bonds. The molecule has 34 heavy (non-hydrogen) atoms. The van der Waals surface area contributed by atoms with Crippen molar-refractivity contribution in [3.8, 4) is 5.75 Å². The van der Waals surface area contributed by atoms with Crippen molar-refractivity contribution in [1.29, 1.82) is 0 Å². The summed E-state index contributed by atoms with van der Waals surface area (Å²) in [6.45, 7) is 3.15. The maximum Gasteiger partial charge on any atom is 0.416 e. The Morgan fingerprint density at radius 2 is 1.79 bits per heavy atom. The normalized spacial score (nSPS) is 13.9. The highest BCUT2D eigenvalue weighted by molar-refractivity contribution is 5.85. The minimum Gasteiger partial charge on any atom is -0.491 e. The molecule has 10 heteroatoms. The first-order valence-electron chi connectivity index (χ1n) is 10.8. The molecule has 0 heterocycles. The fourth-order valence-corrected chi connectivity index (χ4v) is 2.94. The van der Waals surface area contributed by atoms with Crippen molar-refractivity contribution >= 4 is 12.0 Å². The molecule has 0 aliphatic heterocycles. The number of hydrogen-bond donors (Lipinski definition) is 3. The molecule has 0 fully saturated rings. The van der Waals surface area contributed by atoms with Crippen LogP contribution in [0.1, 0.15) is 31.4 Å². The van der Waals surface area contributed by atoms with Gasteiger partial charge in [-0.3, -0.25) is 4.79 Å². The molecule has 7 nitrogen and oxygen atoms in total. The van der Waals surface area contributed by atoms with E-state index in [9.17, 15) is 27.9 Å². The number of halogens is 3. The third-order valence-corrected chi connectivity index (χ3v) is 5.10. The van der Waals surface area contributed by atoms with Gasteiger partial charge in [-0.25, -0.2) is 4.79 Å². The molecule has 0 aliphatic rings. The summed E-state index contributed by atoms with van der Waals surface area (Å²) in [6.07, 6.45) is -5.84. The molecule has 0 saturated heterocycles. The molecule has 0 saturated carbocycles. The van der Waals surface area contributed by atoms with Gasteiger partial charge in [0.25, 0.3) is 0 Å². The minimum atomic E-state index is -4.51. The monoisotopic (exact) mass is 482 g/mol. The number of alkyl carbamates (subject to hydrolysis) is 1. The van der Waals surface area contributed by atoms with Gasteiger partial charge in [-0.1, -0.05) is 56.7 Å². The van der Waals surface area contributed by atoms with E-state index in [1.54, 1.807) is 19.1 Å². The predicted molar refractivity (Wildman–Crippen MR) is 119 cm³/mol. The first-order chi connectivity index (χ1) is 16.1. The Kier molecular flexibility index (Phi) is 10.2. The lowest BCUT2D eigenvalue weighted by atomic mass is 9.98. The quantitative estimate of drug-likeness (QED) is 0.451. The molecule has 0 radical (unpaired) electrons. The van der Waals surface area contributed by atoms with E-state index in [1.165, 1.54) is 12.1 Å². The van der Waals surface area contributed by atoms with Crippen molar-refractivity contribution < 1.29 is 37.3 Å². The van der Waals surface area contributed by atoms with Crippen molar-refractivity contribution in [1.82, 2.24) is 10.6 Å². The van der Waals surface area contributed by atoms with Crippen LogP contribution in [0.15, 0.2) is 54.6 Å². The molecular weight excluding hydrogens is 453 g/mol. The van der Waals surface area contributed by atoms with Gasteiger partial charge in [0, 0.05) is 6.54 Å². The Morgan fingerprint density at radius 1 is 1.09 bits per heavy atom. The Morgan fingerprint density at radius 3 is 2.44 bits per heavy atom. The summed E-state index contributed by atoms with van der Waals surface area (Å²) in [5.74, 6) is -0.799. The van der Waals surface area contributed by atoms with Gasteiger partial charge >= 0.3 is 12.3 Å². The minimum absolute atomic E-state index is 0.0487. The average molecular weight is 482 g/mol. The van der Waals surface area contributed by atoms with Crippen LogP contribution in [0.5, 0.6) is 5.75 Å². The van der Waals surface area contributed by atoms with E-state index >= 15 is 0 Å². The number of rotatable bonds is 11. The number of hydrogen-bond acceptors (Lipinski definition) is 5. The van der Waals surface area contributed by atoms with Gasteiger partial charge in [0.15, 0.2) is 0 Å². The lowest BCUT2D eigenvalue weighted by Gasteiger charge is -2.24. The van der Waals surface area contributed by atoms with Gasteiger partial charge in [-0.15, -0.1) is 0 Å². The largest absolute Gasteiger partial charge is 0.491 e. The van der Waals surface area contributed by atoms with Crippen LogP contribution in [0, 0.1) is 5.92 Å². The van der Waals surface area contributed by atoms with Gasteiger partial charge in [-0.2, -0.15) is 13.2 Å². The molecule has 0 bridgehead atoms. The van der Waals surface area contributed by atoms with Crippen molar-refractivity contribution in [2.24, 2.45) is 5.92 Å².